The molecule has 1 aliphatic heterocycles. The molecule has 4 rings (SSSR count). The molecule has 3 N–H and O–H groups in total. The van der Waals surface area contributed by atoms with Gasteiger partial charge in [0, 0.05) is 18.1 Å². The third-order valence-electron chi connectivity index (χ3n) is 4.08. The van der Waals surface area contributed by atoms with Crippen LogP contribution in [-0.4, -0.2) is 42.5 Å². The van der Waals surface area contributed by atoms with Crippen LogP contribution in [-0.2, 0) is 15.0 Å². The number of phenolic OH excluding ortho intramolecular Hbond substituents is 1. The van der Waals surface area contributed by atoms with Crippen LogP contribution < -0.4 is 14.3 Å². The zero-order chi connectivity index (χ0) is 17.8. The number of nitrogens with zero attached hydrogens (tertiary/aromatic N) is 3. The molecule has 2 heterocycles. The van der Waals surface area contributed by atoms with E-state index in [9.17, 15) is 22.7 Å². The number of hydrogen-bond donors (Lipinski definition) is 3. The molecule has 0 atom stereocenters. The maximum absolute atomic E-state index is 14.9. The highest BCUT2D eigenvalue weighted by molar-refractivity contribution is 7.92. The van der Waals surface area contributed by atoms with Gasteiger partial charge in [0.05, 0.1) is 0 Å². The maximum atomic E-state index is 14.9. The number of carbonyl (C=O) groups is 1. The van der Waals surface area contributed by atoms with E-state index in [0.29, 0.717) is 16.8 Å². The van der Waals surface area contributed by atoms with E-state index < -0.39 is 39.9 Å². The summed E-state index contributed by atoms with van der Waals surface area (Å²) in [5, 5.41) is 13.3. The van der Waals surface area contributed by atoms with Crippen molar-refractivity contribution in [3.63, 3.8) is 0 Å². The molecule has 1 aromatic carbocycles. The van der Waals surface area contributed by atoms with E-state index in [1.165, 1.54) is 6.20 Å². The summed E-state index contributed by atoms with van der Waals surface area (Å²) in [6, 6.07) is 1.16. The first-order chi connectivity index (χ1) is 11.8. The lowest BCUT2D eigenvalue weighted by molar-refractivity contribution is -0.117. The lowest BCUT2D eigenvalue weighted by atomic mass is 10.2. The van der Waals surface area contributed by atoms with Crippen molar-refractivity contribution in [2.24, 2.45) is 5.92 Å². The normalized spacial score (nSPS) is 19.2. The molecule has 1 aromatic heterocycles. The predicted octanol–water partition coefficient (Wildman–Crippen LogP) is 0.477. The Morgan fingerprint density at radius 3 is 2.84 bits per heavy atom. The SMILES string of the molecule is O=C1CN(c2c(O)cc3cnc(NCC4CC4)nc3c2F)S(=O)(=O)N1. The minimum absolute atomic E-state index is 0.143. The van der Waals surface area contributed by atoms with E-state index in [1.807, 2.05) is 0 Å². The highest BCUT2D eigenvalue weighted by Gasteiger charge is 2.38. The van der Waals surface area contributed by atoms with E-state index in [0.717, 1.165) is 18.9 Å². The third kappa shape index (κ3) is 2.80. The topological polar surface area (TPSA) is 125 Å². The Kier molecular flexibility index (Phi) is 3.42. The van der Waals surface area contributed by atoms with E-state index in [1.54, 1.807) is 4.72 Å². The summed E-state index contributed by atoms with van der Waals surface area (Å²) >= 11 is 0. The largest absolute Gasteiger partial charge is 0.506 e. The van der Waals surface area contributed by atoms with Crippen molar-refractivity contribution >= 4 is 38.7 Å². The number of benzene rings is 1. The van der Waals surface area contributed by atoms with Crippen LogP contribution in [0.5, 0.6) is 5.75 Å². The predicted molar refractivity (Wildman–Crippen MR) is 86.8 cm³/mol. The van der Waals surface area contributed by atoms with Gasteiger partial charge in [0.15, 0.2) is 5.82 Å². The van der Waals surface area contributed by atoms with Crippen LogP contribution >= 0.6 is 0 Å². The highest BCUT2D eigenvalue weighted by Crippen LogP contribution is 2.37. The van der Waals surface area contributed by atoms with Gasteiger partial charge in [0.2, 0.25) is 5.95 Å². The number of aromatic nitrogens is 2. The van der Waals surface area contributed by atoms with Gasteiger partial charge in [0.1, 0.15) is 23.5 Å². The number of anilines is 2. The fourth-order valence-corrected chi connectivity index (χ4v) is 3.80. The van der Waals surface area contributed by atoms with E-state index >= 15 is 0 Å². The highest BCUT2D eigenvalue weighted by atomic mass is 32.2. The van der Waals surface area contributed by atoms with Crippen LogP contribution in [0.15, 0.2) is 12.3 Å². The first-order valence-electron chi connectivity index (χ1n) is 7.60. The van der Waals surface area contributed by atoms with Gasteiger partial charge < -0.3 is 10.4 Å². The number of phenols is 1. The lowest BCUT2D eigenvalue weighted by Crippen LogP contribution is -2.30. The molecule has 0 spiro atoms. The van der Waals surface area contributed by atoms with Gasteiger partial charge in [-0.25, -0.2) is 23.4 Å². The van der Waals surface area contributed by atoms with Crippen molar-refractivity contribution in [3.8, 4) is 5.75 Å². The van der Waals surface area contributed by atoms with Crippen molar-refractivity contribution in [1.29, 1.82) is 0 Å². The van der Waals surface area contributed by atoms with E-state index in [-0.39, 0.29) is 16.9 Å². The average molecular weight is 367 g/mol. The Hall–Kier alpha value is -2.69. The zero-order valence-corrected chi connectivity index (χ0v) is 13.7. The molecule has 2 aromatic rings. The number of aromatic hydroxyl groups is 1. The third-order valence-corrected chi connectivity index (χ3v) is 5.46. The summed E-state index contributed by atoms with van der Waals surface area (Å²) in [5.41, 5.74) is -0.756. The molecular weight excluding hydrogens is 353 g/mol. The summed E-state index contributed by atoms with van der Waals surface area (Å²) in [4.78, 5) is 19.5. The molecular formula is C14H14FN5O4S. The van der Waals surface area contributed by atoms with Crippen LogP contribution in [0.3, 0.4) is 0 Å². The second-order valence-corrected chi connectivity index (χ2v) is 7.65. The van der Waals surface area contributed by atoms with E-state index in [4.69, 9.17) is 0 Å². The van der Waals surface area contributed by atoms with Gasteiger partial charge >= 0.3 is 10.2 Å². The van der Waals surface area contributed by atoms with Crippen molar-refractivity contribution in [1.82, 2.24) is 14.7 Å². The van der Waals surface area contributed by atoms with E-state index in [2.05, 4.69) is 15.3 Å². The van der Waals surface area contributed by atoms with Crippen molar-refractivity contribution in [2.45, 2.75) is 12.8 Å². The minimum Gasteiger partial charge on any atom is -0.506 e. The van der Waals surface area contributed by atoms with Crippen LogP contribution in [0.4, 0.5) is 16.0 Å². The molecule has 1 amide bonds. The Balaban J connectivity index is 1.79. The number of halogens is 1. The molecule has 0 radical (unpaired) electrons. The fraction of sp³-hybridized carbons (Fsp3) is 0.357. The molecule has 11 heteroatoms. The zero-order valence-electron chi connectivity index (χ0n) is 12.9. The molecule has 0 unspecified atom stereocenters. The summed E-state index contributed by atoms with van der Waals surface area (Å²) in [6.45, 7) is 0.0627. The van der Waals surface area contributed by atoms with Crippen molar-refractivity contribution < 1.29 is 22.7 Å². The van der Waals surface area contributed by atoms with Gasteiger partial charge in [-0.3, -0.25) is 4.79 Å². The number of carbonyl (C=O) groups excluding carboxylic acids is 1. The monoisotopic (exact) mass is 367 g/mol. The molecule has 1 saturated carbocycles. The lowest BCUT2D eigenvalue weighted by Gasteiger charge is -2.18. The average Bonchev–Trinajstić information content (AvgIpc) is 3.31. The minimum atomic E-state index is -4.25. The van der Waals surface area contributed by atoms with Crippen LogP contribution in [0.2, 0.25) is 0 Å². The summed E-state index contributed by atoms with van der Waals surface area (Å²) in [6.07, 6.45) is 3.59. The molecule has 9 nitrogen and oxygen atoms in total. The Labute approximate surface area is 142 Å². The Morgan fingerprint density at radius 2 is 2.20 bits per heavy atom. The van der Waals surface area contributed by atoms with Crippen molar-refractivity contribution in [3.05, 3.63) is 18.1 Å². The summed E-state index contributed by atoms with van der Waals surface area (Å²) in [5.74, 6) is -1.69. The van der Waals surface area contributed by atoms with Crippen LogP contribution in [0.1, 0.15) is 12.8 Å². The van der Waals surface area contributed by atoms with Gasteiger partial charge in [-0.2, -0.15) is 8.42 Å². The molecule has 2 fully saturated rings. The molecule has 132 valence electrons. The summed E-state index contributed by atoms with van der Waals surface area (Å²) in [7, 11) is -4.25. The quantitative estimate of drug-likeness (QED) is 0.718. The smallest absolute Gasteiger partial charge is 0.326 e. The number of rotatable bonds is 4. The first-order valence-corrected chi connectivity index (χ1v) is 9.04. The second-order valence-electron chi connectivity index (χ2n) is 6.05. The van der Waals surface area contributed by atoms with Gasteiger partial charge in [-0.1, -0.05) is 0 Å². The van der Waals surface area contributed by atoms with Gasteiger partial charge in [-0.05, 0) is 24.8 Å². The molecule has 1 saturated heterocycles. The molecule has 1 aliphatic carbocycles. The fourth-order valence-electron chi connectivity index (χ4n) is 2.64. The number of nitrogens with one attached hydrogen (secondary N) is 2. The number of fused-ring (bicyclic) bond motifs is 1. The second kappa shape index (κ2) is 5.41. The summed E-state index contributed by atoms with van der Waals surface area (Å²) < 4.78 is 41.0. The Bertz CT molecular complexity index is 992. The van der Waals surface area contributed by atoms with Crippen LogP contribution in [0.25, 0.3) is 10.9 Å². The molecule has 2 aliphatic rings. The molecule has 0 bridgehead atoms. The van der Waals surface area contributed by atoms with Crippen molar-refractivity contribution in [2.75, 3.05) is 22.7 Å². The van der Waals surface area contributed by atoms with Gasteiger partial charge in [-0.15, -0.1) is 0 Å². The van der Waals surface area contributed by atoms with Gasteiger partial charge in [0.25, 0.3) is 5.91 Å². The standard InChI is InChI=1S/C14H14FN5O4S/c15-11-12-8(5-17-14(18-12)16-4-7-1-2-7)3-9(21)13(11)20-6-10(22)19-25(20,23)24/h3,5,7,21H,1-2,4,6H2,(H,19,22)(H,16,17,18). The molecule has 25 heavy (non-hydrogen) atoms. The number of amides is 1. The first kappa shape index (κ1) is 15.8. The maximum Gasteiger partial charge on any atom is 0.326 e. The Morgan fingerprint density at radius 1 is 1.44 bits per heavy atom. The number of hydrogen-bond acceptors (Lipinski definition) is 7. The van der Waals surface area contributed by atoms with Crippen LogP contribution in [0, 0.1) is 11.7 Å².